The molecule has 2 rings (SSSR count). The maximum absolute atomic E-state index is 12.7. The Morgan fingerprint density at radius 2 is 1.76 bits per heavy atom. The average Bonchev–Trinajstić information content (AvgIpc) is 2.45. The molecule has 0 bridgehead atoms. The van der Waals surface area contributed by atoms with Crippen molar-refractivity contribution < 1.29 is 23.0 Å². The Kier molecular flexibility index (Phi) is 4.44. The fourth-order valence-electron chi connectivity index (χ4n) is 1.93. The van der Waals surface area contributed by atoms with Gasteiger partial charge in [0.2, 0.25) is 0 Å². The van der Waals surface area contributed by atoms with Crippen molar-refractivity contribution in [2.45, 2.75) is 12.3 Å². The standard InChI is InChI=1S/C15H12ClF3O2/c1-21-13-6-5-10(8-12(13)16)14(20)9-3-2-4-11(7-9)15(17,18)19/h2-8,14,20H,1H3. The van der Waals surface area contributed by atoms with Crippen LogP contribution in [-0.4, -0.2) is 12.2 Å². The minimum atomic E-state index is -4.45. The van der Waals surface area contributed by atoms with Crippen LogP contribution in [0.5, 0.6) is 5.75 Å². The number of rotatable bonds is 3. The highest BCUT2D eigenvalue weighted by Crippen LogP contribution is 2.34. The molecule has 0 aliphatic rings. The van der Waals surface area contributed by atoms with E-state index in [9.17, 15) is 18.3 Å². The van der Waals surface area contributed by atoms with Crippen molar-refractivity contribution in [1.29, 1.82) is 0 Å². The van der Waals surface area contributed by atoms with Crippen molar-refractivity contribution in [2.24, 2.45) is 0 Å². The van der Waals surface area contributed by atoms with E-state index in [1.165, 1.54) is 25.3 Å². The number of halogens is 4. The summed E-state index contributed by atoms with van der Waals surface area (Å²) in [4.78, 5) is 0. The van der Waals surface area contributed by atoms with E-state index in [0.29, 0.717) is 11.3 Å². The molecule has 1 unspecified atom stereocenters. The SMILES string of the molecule is COc1ccc(C(O)c2cccc(C(F)(F)F)c2)cc1Cl. The molecule has 2 aromatic carbocycles. The number of ether oxygens (including phenoxy) is 1. The summed E-state index contributed by atoms with van der Waals surface area (Å²) >= 11 is 5.95. The summed E-state index contributed by atoms with van der Waals surface area (Å²) in [6.07, 6.45) is -5.65. The molecule has 112 valence electrons. The van der Waals surface area contributed by atoms with Crippen LogP contribution in [0.1, 0.15) is 22.8 Å². The first-order chi connectivity index (χ1) is 9.82. The largest absolute Gasteiger partial charge is 0.495 e. The van der Waals surface area contributed by atoms with Crippen LogP contribution in [0.25, 0.3) is 0 Å². The zero-order chi connectivity index (χ0) is 15.6. The van der Waals surface area contributed by atoms with E-state index < -0.39 is 17.8 Å². The molecule has 0 amide bonds. The fourth-order valence-corrected chi connectivity index (χ4v) is 2.20. The second-order valence-corrected chi connectivity index (χ2v) is 4.83. The summed E-state index contributed by atoms with van der Waals surface area (Å²) < 4.78 is 43.0. The van der Waals surface area contributed by atoms with Gasteiger partial charge >= 0.3 is 6.18 Å². The van der Waals surface area contributed by atoms with Gasteiger partial charge in [-0.25, -0.2) is 0 Å². The minimum absolute atomic E-state index is 0.144. The summed E-state index contributed by atoms with van der Waals surface area (Å²) in [6, 6.07) is 9.13. The third-order valence-corrected chi connectivity index (χ3v) is 3.32. The highest BCUT2D eigenvalue weighted by atomic mass is 35.5. The number of benzene rings is 2. The first kappa shape index (κ1) is 15.7. The molecule has 1 atom stereocenters. The maximum Gasteiger partial charge on any atom is 0.416 e. The van der Waals surface area contributed by atoms with Gasteiger partial charge in [0.05, 0.1) is 17.7 Å². The van der Waals surface area contributed by atoms with Crippen LogP contribution >= 0.6 is 11.6 Å². The predicted octanol–water partition coefficient (Wildman–Crippen LogP) is 4.45. The average molecular weight is 317 g/mol. The third-order valence-electron chi connectivity index (χ3n) is 3.02. The number of aliphatic hydroxyl groups excluding tert-OH is 1. The molecule has 0 radical (unpaired) electrons. The lowest BCUT2D eigenvalue weighted by molar-refractivity contribution is -0.137. The van der Waals surface area contributed by atoms with Gasteiger partial charge in [0.25, 0.3) is 0 Å². The van der Waals surface area contributed by atoms with Crippen LogP contribution < -0.4 is 4.74 Å². The van der Waals surface area contributed by atoms with Crippen molar-refractivity contribution in [3.05, 3.63) is 64.2 Å². The van der Waals surface area contributed by atoms with Gasteiger partial charge in [-0.15, -0.1) is 0 Å². The monoisotopic (exact) mass is 316 g/mol. The van der Waals surface area contributed by atoms with E-state index in [-0.39, 0.29) is 10.6 Å². The molecule has 0 fully saturated rings. The smallest absolute Gasteiger partial charge is 0.416 e. The maximum atomic E-state index is 12.7. The van der Waals surface area contributed by atoms with E-state index >= 15 is 0 Å². The number of methoxy groups -OCH3 is 1. The van der Waals surface area contributed by atoms with Crippen molar-refractivity contribution in [3.8, 4) is 5.75 Å². The quantitative estimate of drug-likeness (QED) is 0.906. The van der Waals surface area contributed by atoms with E-state index in [1.54, 1.807) is 12.1 Å². The van der Waals surface area contributed by atoms with Gasteiger partial charge in [-0.05, 0) is 35.4 Å². The molecule has 1 N–H and O–H groups in total. The second kappa shape index (κ2) is 5.95. The number of hydrogen-bond acceptors (Lipinski definition) is 2. The summed E-state index contributed by atoms with van der Waals surface area (Å²) in [5.41, 5.74) is -0.273. The normalized spacial score (nSPS) is 13.0. The van der Waals surface area contributed by atoms with Crippen molar-refractivity contribution in [3.63, 3.8) is 0 Å². The Labute approximate surface area is 124 Å². The van der Waals surface area contributed by atoms with Gasteiger partial charge < -0.3 is 9.84 Å². The number of aliphatic hydroxyl groups is 1. The van der Waals surface area contributed by atoms with Crippen LogP contribution in [0.2, 0.25) is 5.02 Å². The highest BCUT2D eigenvalue weighted by molar-refractivity contribution is 6.32. The molecular formula is C15H12ClF3O2. The van der Waals surface area contributed by atoms with E-state index in [1.807, 2.05) is 0 Å². The topological polar surface area (TPSA) is 29.5 Å². The number of hydrogen-bond donors (Lipinski definition) is 1. The Morgan fingerprint density at radius 3 is 2.33 bits per heavy atom. The Hall–Kier alpha value is -1.72. The van der Waals surface area contributed by atoms with Crippen molar-refractivity contribution >= 4 is 11.6 Å². The molecule has 0 aliphatic carbocycles. The molecule has 0 aliphatic heterocycles. The first-order valence-corrected chi connectivity index (χ1v) is 6.39. The Bertz CT molecular complexity index is 641. The zero-order valence-corrected chi connectivity index (χ0v) is 11.7. The lowest BCUT2D eigenvalue weighted by Crippen LogP contribution is -2.07. The van der Waals surface area contributed by atoms with E-state index in [4.69, 9.17) is 16.3 Å². The second-order valence-electron chi connectivity index (χ2n) is 4.42. The molecule has 0 saturated carbocycles. The lowest BCUT2D eigenvalue weighted by atomic mass is 9.99. The summed E-state index contributed by atoms with van der Waals surface area (Å²) in [7, 11) is 1.45. The first-order valence-electron chi connectivity index (χ1n) is 6.01. The lowest BCUT2D eigenvalue weighted by Gasteiger charge is -2.15. The zero-order valence-electron chi connectivity index (χ0n) is 11.0. The summed E-state index contributed by atoms with van der Waals surface area (Å²) in [5.74, 6) is 0.427. The Balaban J connectivity index is 2.36. The fraction of sp³-hybridized carbons (Fsp3) is 0.200. The van der Waals surface area contributed by atoms with Crippen molar-refractivity contribution in [2.75, 3.05) is 7.11 Å². The van der Waals surface area contributed by atoms with Crippen LogP contribution in [0.15, 0.2) is 42.5 Å². The van der Waals surface area contributed by atoms with Gasteiger partial charge in [-0.1, -0.05) is 29.8 Å². The van der Waals surface area contributed by atoms with Gasteiger partial charge in [-0.2, -0.15) is 13.2 Å². The van der Waals surface area contributed by atoms with Gasteiger partial charge in [0.1, 0.15) is 11.9 Å². The van der Waals surface area contributed by atoms with Gasteiger partial charge in [0, 0.05) is 0 Å². The third kappa shape index (κ3) is 3.49. The molecule has 0 aromatic heterocycles. The molecule has 6 heteroatoms. The predicted molar refractivity (Wildman–Crippen MR) is 73.5 cm³/mol. The highest BCUT2D eigenvalue weighted by Gasteiger charge is 2.31. The summed E-state index contributed by atoms with van der Waals surface area (Å²) in [5, 5.41) is 10.5. The van der Waals surface area contributed by atoms with E-state index in [2.05, 4.69) is 0 Å². The molecule has 2 aromatic rings. The van der Waals surface area contributed by atoms with Crippen molar-refractivity contribution in [1.82, 2.24) is 0 Å². The molecule has 21 heavy (non-hydrogen) atoms. The Morgan fingerprint density at radius 1 is 1.10 bits per heavy atom. The van der Waals surface area contributed by atoms with E-state index in [0.717, 1.165) is 12.1 Å². The van der Waals surface area contributed by atoms with Crippen LogP contribution in [0.3, 0.4) is 0 Å². The number of alkyl halides is 3. The molecular weight excluding hydrogens is 305 g/mol. The van der Waals surface area contributed by atoms with Crippen LogP contribution in [0, 0.1) is 0 Å². The molecule has 0 saturated heterocycles. The minimum Gasteiger partial charge on any atom is -0.495 e. The molecule has 0 heterocycles. The molecule has 2 nitrogen and oxygen atoms in total. The molecule has 0 spiro atoms. The van der Waals surface area contributed by atoms with Crippen LogP contribution in [-0.2, 0) is 6.18 Å². The van der Waals surface area contributed by atoms with Gasteiger partial charge in [0.15, 0.2) is 0 Å². The van der Waals surface area contributed by atoms with Crippen LogP contribution in [0.4, 0.5) is 13.2 Å². The van der Waals surface area contributed by atoms with Gasteiger partial charge in [-0.3, -0.25) is 0 Å². The summed E-state index contributed by atoms with van der Waals surface area (Å²) in [6.45, 7) is 0.